The van der Waals surface area contributed by atoms with E-state index in [1.807, 2.05) is 54.6 Å². The minimum atomic E-state index is 0.463. The van der Waals surface area contributed by atoms with Gasteiger partial charge in [-0.25, -0.2) is 0 Å². The fourth-order valence-corrected chi connectivity index (χ4v) is 1.63. The summed E-state index contributed by atoms with van der Waals surface area (Å²) < 4.78 is 5.15. The molecule has 0 bridgehead atoms. The summed E-state index contributed by atoms with van der Waals surface area (Å²) in [7, 11) is 0. The molecule has 92 valence electrons. The summed E-state index contributed by atoms with van der Waals surface area (Å²) in [6.07, 6.45) is 5.41. The van der Waals surface area contributed by atoms with Crippen LogP contribution in [0.2, 0.25) is 0 Å². The summed E-state index contributed by atoms with van der Waals surface area (Å²) >= 11 is 0. The number of nitrogens with zero attached hydrogens (tertiary/aromatic N) is 3. The molecule has 0 spiro atoms. The summed E-state index contributed by atoms with van der Waals surface area (Å²) in [5, 5.41) is 3.90. The van der Waals surface area contributed by atoms with Gasteiger partial charge in [0.25, 0.3) is 5.89 Å². The first-order chi connectivity index (χ1) is 9.42. The SMILES string of the molecule is C(=Cc1nc(-c2ccccn2)no1)c1ccccc1. The van der Waals surface area contributed by atoms with Crippen molar-refractivity contribution >= 4 is 12.2 Å². The molecule has 19 heavy (non-hydrogen) atoms. The van der Waals surface area contributed by atoms with E-state index in [1.54, 1.807) is 12.3 Å². The van der Waals surface area contributed by atoms with Gasteiger partial charge in [0, 0.05) is 12.3 Å². The highest BCUT2D eigenvalue weighted by molar-refractivity contribution is 5.66. The Morgan fingerprint density at radius 2 is 1.74 bits per heavy atom. The molecule has 0 saturated heterocycles. The molecule has 0 radical (unpaired) electrons. The van der Waals surface area contributed by atoms with E-state index in [1.165, 1.54) is 0 Å². The monoisotopic (exact) mass is 249 g/mol. The minimum Gasteiger partial charge on any atom is -0.334 e. The number of rotatable bonds is 3. The maximum Gasteiger partial charge on any atom is 0.251 e. The van der Waals surface area contributed by atoms with Crippen LogP contribution < -0.4 is 0 Å². The lowest BCUT2D eigenvalue weighted by Gasteiger charge is -1.89. The quantitative estimate of drug-likeness (QED) is 0.714. The third-order valence-electron chi connectivity index (χ3n) is 2.55. The Hall–Kier alpha value is -2.75. The fourth-order valence-electron chi connectivity index (χ4n) is 1.63. The van der Waals surface area contributed by atoms with Crippen LogP contribution in [0.5, 0.6) is 0 Å². The highest BCUT2D eigenvalue weighted by Crippen LogP contribution is 2.13. The van der Waals surface area contributed by atoms with Crippen molar-refractivity contribution in [3.05, 3.63) is 66.2 Å². The first-order valence-electron chi connectivity index (χ1n) is 5.90. The molecule has 3 rings (SSSR count). The fraction of sp³-hybridized carbons (Fsp3) is 0. The molecule has 0 atom stereocenters. The van der Waals surface area contributed by atoms with E-state index in [0.717, 1.165) is 5.56 Å². The summed E-state index contributed by atoms with van der Waals surface area (Å²) in [6.45, 7) is 0. The van der Waals surface area contributed by atoms with Crippen molar-refractivity contribution in [2.45, 2.75) is 0 Å². The Balaban J connectivity index is 1.81. The predicted octanol–water partition coefficient (Wildman–Crippen LogP) is 3.30. The summed E-state index contributed by atoms with van der Waals surface area (Å²) in [5.74, 6) is 0.956. The standard InChI is InChI=1S/C15H11N3O/c1-2-6-12(7-3-1)9-10-14-17-15(18-19-14)13-8-4-5-11-16-13/h1-11H. The number of aromatic nitrogens is 3. The van der Waals surface area contributed by atoms with E-state index < -0.39 is 0 Å². The number of hydrogen-bond donors (Lipinski definition) is 0. The van der Waals surface area contributed by atoms with Gasteiger partial charge in [-0.1, -0.05) is 41.6 Å². The van der Waals surface area contributed by atoms with Gasteiger partial charge in [-0.05, 0) is 23.8 Å². The average molecular weight is 249 g/mol. The first kappa shape index (κ1) is 11.3. The molecule has 0 fully saturated rings. The van der Waals surface area contributed by atoms with Gasteiger partial charge in [-0.3, -0.25) is 4.98 Å². The summed E-state index contributed by atoms with van der Waals surface area (Å²) in [6, 6.07) is 15.5. The van der Waals surface area contributed by atoms with Crippen LogP contribution in [-0.4, -0.2) is 15.1 Å². The van der Waals surface area contributed by atoms with Crippen LogP contribution >= 0.6 is 0 Å². The zero-order chi connectivity index (χ0) is 12.9. The van der Waals surface area contributed by atoms with E-state index in [2.05, 4.69) is 15.1 Å². The zero-order valence-corrected chi connectivity index (χ0v) is 10.1. The lowest BCUT2D eigenvalue weighted by atomic mass is 10.2. The molecular weight excluding hydrogens is 238 g/mol. The Bertz CT molecular complexity index is 675. The molecule has 0 amide bonds. The molecular formula is C15H11N3O. The average Bonchev–Trinajstić information content (AvgIpc) is 2.96. The second kappa shape index (κ2) is 5.27. The highest BCUT2D eigenvalue weighted by Gasteiger charge is 2.06. The van der Waals surface area contributed by atoms with Gasteiger partial charge < -0.3 is 4.52 Å². The van der Waals surface area contributed by atoms with Crippen LogP contribution in [0.1, 0.15) is 11.5 Å². The van der Waals surface area contributed by atoms with Crippen LogP contribution in [0, 0.1) is 0 Å². The Labute approximate surface area is 110 Å². The minimum absolute atomic E-state index is 0.463. The maximum atomic E-state index is 5.15. The van der Waals surface area contributed by atoms with Crippen molar-refractivity contribution in [2.75, 3.05) is 0 Å². The van der Waals surface area contributed by atoms with Crippen LogP contribution in [-0.2, 0) is 0 Å². The molecule has 0 aliphatic heterocycles. The van der Waals surface area contributed by atoms with Crippen LogP contribution in [0.15, 0.2) is 59.3 Å². The maximum absolute atomic E-state index is 5.15. The lowest BCUT2D eigenvalue weighted by molar-refractivity contribution is 0.411. The molecule has 1 aromatic carbocycles. The molecule has 0 unspecified atom stereocenters. The molecule has 4 nitrogen and oxygen atoms in total. The topological polar surface area (TPSA) is 51.8 Å². The van der Waals surface area contributed by atoms with E-state index in [9.17, 15) is 0 Å². The van der Waals surface area contributed by atoms with Crippen molar-refractivity contribution in [3.8, 4) is 11.5 Å². The molecule has 0 aliphatic rings. The molecule has 2 aromatic heterocycles. The zero-order valence-electron chi connectivity index (χ0n) is 10.1. The molecule has 0 N–H and O–H groups in total. The normalized spacial score (nSPS) is 10.9. The van der Waals surface area contributed by atoms with Gasteiger partial charge in [-0.15, -0.1) is 0 Å². The van der Waals surface area contributed by atoms with Crippen LogP contribution in [0.4, 0.5) is 0 Å². The van der Waals surface area contributed by atoms with E-state index in [0.29, 0.717) is 17.4 Å². The summed E-state index contributed by atoms with van der Waals surface area (Å²) in [4.78, 5) is 8.44. The van der Waals surface area contributed by atoms with E-state index in [4.69, 9.17) is 4.52 Å². The van der Waals surface area contributed by atoms with Gasteiger partial charge in [0.2, 0.25) is 5.82 Å². The van der Waals surface area contributed by atoms with Crippen LogP contribution in [0.25, 0.3) is 23.7 Å². The van der Waals surface area contributed by atoms with Gasteiger partial charge in [0.1, 0.15) is 5.69 Å². The third kappa shape index (κ3) is 2.74. The van der Waals surface area contributed by atoms with Crippen molar-refractivity contribution < 1.29 is 4.52 Å². The van der Waals surface area contributed by atoms with Crippen LogP contribution in [0.3, 0.4) is 0 Å². The Kier molecular flexibility index (Phi) is 3.14. The summed E-state index contributed by atoms with van der Waals surface area (Å²) in [5.41, 5.74) is 1.78. The lowest BCUT2D eigenvalue weighted by Crippen LogP contribution is -1.83. The van der Waals surface area contributed by atoms with Crippen molar-refractivity contribution in [1.29, 1.82) is 0 Å². The molecule has 3 aromatic rings. The van der Waals surface area contributed by atoms with E-state index in [-0.39, 0.29) is 0 Å². The molecule has 4 heteroatoms. The molecule has 0 saturated carbocycles. The predicted molar refractivity (Wildman–Crippen MR) is 72.9 cm³/mol. The van der Waals surface area contributed by atoms with Gasteiger partial charge in [0.05, 0.1) is 0 Å². The van der Waals surface area contributed by atoms with Gasteiger partial charge in [0.15, 0.2) is 0 Å². The molecule has 2 heterocycles. The van der Waals surface area contributed by atoms with E-state index >= 15 is 0 Å². The highest BCUT2D eigenvalue weighted by atomic mass is 16.5. The van der Waals surface area contributed by atoms with Crippen molar-refractivity contribution in [2.24, 2.45) is 0 Å². The smallest absolute Gasteiger partial charge is 0.251 e. The second-order valence-electron chi connectivity index (χ2n) is 3.92. The number of hydrogen-bond acceptors (Lipinski definition) is 4. The Morgan fingerprint density at radius 3 is 2.53 bits per heavy atom. The third-order valence-corrected chi connectivity index (χ3v) is 2.55. The first-order valence-corrected chi connectivity index (χ1v) is 5.90. The largest absolute Gasteiger partial charge is 0.334 e. The molecule has 0 aliphatic carbocycles. The van der Waals surface area contributed by atoms with Crippen molar-refractivity contribution in [3.63, 3.8) is 0 Å². The van der Waals surface area contributed by atoms with Gasteiger partial charge >= 0.3 is 0 Å². The number of benzene rings is 1. The van der Waals surface area contributed by atoms with Crippen molar-refractivity contribution in [1.82, 2.24) is 15.1 Å². The second-order valence-corrected chi connectivity index (χ2v) is 3.92. The van der Waals surface area contributed by atoms with Gasteiger partial charge in [-0.2, -0.15) is 4.98 Å². The Morgan fingerprint density at radius 1 is 0.895 bits per heavy atom. The number of pyridine rings is 1.